The summed E-state index contributed by atoms with van der Waals surface area (Å²) in [5, 5.41) is 5.74. The van der Waals surface area contributed by atoms with E-state index in [0.29, 0.717) is 5.69 Å². The Kier molecular flexibility index (Phi) is 3.82. The number of hydrogen-bond donors (Lipinski definition) is 2. The molecule has 0 radical (unpaired) electrons. The summed E-state index contributed by atoms with van der Waals surface area (Å²) in [6, 6.07) is 6.44. The number of alkyl halides is 3. The highest BCUT2D eigenvalue weighted by Gasteiger charge is 2.34. The summed E-state index contributed by atoms with van der Waals surface area (Å²) in [6.45, 7) is 0.290. The van der Waals surface area contributed by atoms with Gasteiger partial charge >= 0.3 is 6.18 Å². The van der Waals surface area contributed by atoms with Crippen LogP contribution in [0.4, 0.5) is 24.9 Å². The van der Waals surface area contributed by atoms with Crippen molar-refractivity contribution in [2.24, 2.45) is 0 Å². The highest BCUT2D eigenvalue weighted by molar-refractivity contribution is 5.44. The molecule has 1 aliphatic rings. The number of pyridine rings is 1. The predicted molar refractivity (Wildman–Crippen MR) is 75.2 cm³/mol. The Morgan fingerprint density at radius 3 is 2.64 bits per heavy atom. The molecule has 1 fully saturated rings. The molecule has 0 atom stereocenters. The molecule has 0 bridgehead atoms. The summed E-state index contributed by atoms with van der Waals surface area (Å²) in [5.74, 6) is 0.122. The predicted octanol–water partition coefficient (Wildman–Crippen LogP) is 3.08. The van der Waals surface area contributed by atoms with Gasteiger partial charge in [0, 0.05) is 18.3 Å². The largest absolute Gasteiger partial charge is 0.433 e. The Hall–Kier alpha value is -2.38. The average Bonchev–Trinajstić information content (AvgIpc) is 3.29. The molecule has 0 saturated heterocycles. The van der Waals surface area contributed by atoms with Crippen molar-refractivity contribution in [1.29, 1.82) is 0 Å². The van der Waals surface area contributed by atoms with Crippen LogP contribution in [0.15, 0.2) is 30.5 Å². The minimum atomic E-state index is -4.51. The molecule has 2 aromatic rings. The zero-order chi connectivity index (χ0) is 15.6. The van der Waals surface area contributed by atoms with Crippen LogP contribution in [0.5, 0.6) is 0 Å². The van der Waals surface area contributed by atoms with E-state index in [1.807, 2.05) is 6.07 Å². The van der Waals surface area contributed by atoms with Gasteiger partial charge in [0.2, 0.25) is 5.95 Å². The van der Waals surface area contributed by atoms with Gasteiger partial charge in [0.15, 0.2) is 5.69 Å². The third-order valence-corrected chi connectivity index (χ3v) is 3.10. The lowest BCUT2D eigenvalue weighted by Crippen LogP contribution is -2.15. The normalized spacial score (nSPS) is 14.7. The van der Waals surface area contributed by atoms with Crippen molar-refractivity contribution >= 4 is 11.8 Å². The van der Waals surface area contributed by atoms with Crippen molar-refractivity contribution in [3.63, 3.8) is 0 Å². The fourth-order valence-electron chi connectivity index (χ4n) is 1.84. The smallest absolute Gasteiger partial charge is 0.364 e. The standard InChI is InChI=1S/C14H14F3N5/c15-14(16,17)11-7-12(19-8-10-3-1-2-6-18-10)22-13(21-11)20-9-4-5-9/h1-3,6-7,9H,4-5,8H2,(H2,19,20,21,22). The van der Waals surface area contributed by atoms with Gasteiger partial charge in [0.25, 0.3) is 0 Å². The highest BCUT2D eigenvalue weighted by Crippen LogP contribution is 2.31. The lowest BCUT2D eigenvalue weighted by Gasteiger charge is -2.12. The zero-order valence-corrected chi connectivity index (χ0v) is 11.6. The third-order valence-electron chi connectivity index (χ3n) is 3.10. The van der Waals surface area contributed by atoms with Crippen LogP contribution in [0.25, 0.3) is 0 Å². The summed E-state index contributed by atoms with van der Waals surface area (Å²) in [5.41, 5.74) is -0.249. The van der Waals surface area contributed by atoms with E-state index < -0.39 is 11.9 Å². The molecule has 2 aromatic heterocycles. The van der Waals surface area contributed by atoms with E-state index in [1.54, 1.807) is 18.3 Å². The molecule has 3 rings (SSSR count). The molecule has 1 saturated carbocycles. The fourth-order valence-corrected chi connectivity index (χ4v) is 1.84. The summed E-state index contributed by atoms with van der Waals surface area (Å²) in [4.78, 5) is 11.7. The van der Waals surface area contributed by atoms with Crippen molar-refractivity contribution in [1.82, 2.24) is 15.0 Å². The Labute approximate surface area is 125 Å². The monoisotopic (exact) mass is 309 g/mol. The number of halogens is 3. The summed E-state index contributed by atoms with van der Waals surface area (Å²) >= 11 is 0. The first-order valence-corrected chi connectivity index (χ1v) is 6.87. The fraction of sp³-hybridized carbons (Fsp3) is 0.357. The molecule has 22 heavy (non-hydrogen) atoms. The second-order valence-corrected chi connectivity index (χ2v) is 5.05. The Balaban J connectivity index is 1.79. The topological polar surface area (TPSA) is 62.7 Å². The van der Waals surface area contributed by atoms with Crippen LogP contribution in [-0.2, 0) is 12.7 Å². The Morgan fingerprint density at radius 1 is 1.18 bits per heavy atom. The van der Waals surface area contributed by atoms with Gasteiger partial charge in [0.05, 0.1) is 12.2 Å². The minimum Gasteiger partial charge on any atom is -0.364 e. The molecule has 0 spiro atoms. The highest BCUT2D eigenvalue weighted by atomic mass is 19.4. The second-order valence-electron chi connectivity index (χ2n) is 5.05. The van der Waals surface area contributed by atoms with E-state index in [0.717, 1.165) is 18.9 Å². The van der Waals surface area contributed by atoms with Gasteiger partial charge in [-0.2, -0.15) is 18.2 Å². The average molecular weight is 309 g/mol. The van der Waals surface area contributed by atoms with E-state index in [-0.39, 0.29) is 24.4 Å². The SMILES string of the molecule is FC(F)(F)c1cc(NCc2ccccn2)nc(NC2CC2)n1. The lowest BCUT2D eigenvalue weighted by atomic mass is 10.3. The number of hydrogen-bond acceptors (Lipinski definition) is 5. The van der Waals surface area contributed by atoms with Gasteiger partial charge in [-0.25, -0.2) is 4.98 Å². The van der Waals surface area contributed by atoms with Gasteiger partial charge in [-0.15, -0.1) is 0 Å². The molecule has 116 valence electrons. The van der Waals surface area contributed by atoms with E-state index in [4.69, 9.17) is 0 Å². The van der Waals surface area contributed by atoms with E-state index in [1.165, 1.54) is 0 Å². The van der Waals surface area contributed by atoms with Crippen LogP contribution >= 0.6 is 0 Å². The molecular weight excluding hydrogens is 295 g/mol. The molecule has 1 aliphatic carbocycles. The maximum Gasteiger partial charge on any atom is 0.433 e. The lowest BCUT2D eigenvalue weighted by molar-refractivity contribution is -0.141. The van der Waals surface area contributed by atoms with Crippen LogP contribution in [0.3, 0.4) is 0 Å². The van der Waals surface area contributed by atoms with Crippen molar-refractivity contribution in [3.8, 4) is 0 Å². The van der Waals surface area contributed by atoms with E-state index in [9.17, 15) is 13.2 Å². The van der Waals surface area contributed by atoms with Crippen molar-refractivity contribution in [2.45, 2.75) is 31.6 Å². The van der Waals surface area contributed by atoms with E-state index in [2.05, 4.69) is 25.6 Å². The van der Waals surface area contributed by atoms with Crippen molar-refractivity contribution < 1.29 is 13.2 Å². The van der Waals surface area contributed by atoms with Gasteiger partial charge in [-0.05, 0) is 25.0 Å². The minimum absolute atomic E-state index is 0.000783. The summed E-state index contributed by atoms with van der Waals surface area (Å²) < 4.78 is 38.7. The quantitative estimate of drug-likeness (QED) is 0.888. The molecule has 0 aliphatic heterocycles. The van der Waals surface area contributed by atoms with Crippen LogP contribution in [-0.4, -0.2) is 21.0 Å². The Morgan fingerprint density at radius 2 is 2.00 bits per heavy atom. The molecular formula is C14H14F3N5. The first kappa shape index (κ1) is 14.6. The molecule has 2 heterocycles. The number of nitrogens with zero attached hydrogens (tertiary/aromatic N) is 3. The second kappa shape index (κ2) is 5.78. The van der Waals surface area contributed by atoms with Crippen molar-refractivity contribution in [2.75, 3.05) is 10.6 Å². The molecule has 5 nitrogen and oxygen atoms in total. The van der Waals surface area contributed by atoms with Gasteiger partial charge in [-0.3, -0.25) is 4.98 Å². The molecule has 0 unspecified atom stereocenters. The zero-order valence-electron chi connectivity index (χ0n) is 11.6. The van der Waals surface area contributed by atoms with Crippen LogP contribution in [0.1, 0.15) is 24.2 Å². The maximum absolute atomic E-state index is 12.9. The first-order chi connectivity index (χ1) is 10.5. The van der Waals surface area contributed by atoms with Gasteiger partial charge in [0.1, 0.15) is 5.82 Å². The van der Waals surface area contributed by atoms with Crippen LogP contribution in [0.2, 0.25) is 0 Å². The molecule has 0 amide bonds. The van der Waals surface area contributed by atoms with Crippen LogP contribution < -0.4 is 10.6 Å². The summed E-state index contributed by atoms with van der Waals surface area (Å²) in [7, 11) is 0. The summed E-state index contributed by atoms with van der Waals surface area (Å²) in [6.07, 6.45) is -1.03. The number of nitrogens with one attached hydrogen (secondary N) is 2. The molecule has 8 heteroatoms. The molecule has 0 aromatic carbocycles. The first-order valence-electron chi connectivity index (χ1n) is 6.87. The van der Waals surface area contributed by atoms with E-state index >= 15 is 0 Å². The van der Waals surface area contributed by atoms with Crippen molar-refractivity contribution in [3.05, 3.63) is 41.9 Å². The number of anilines is 2. The van der Waals surface area contributed by atoms with Gasteiger partial charge in [-0.1, -0.05) is 6.07 Å². The third kappa shape index (κ3) is 3.84. The molecule has 2 N–H and O–H groups in total. The number of rotatable bonds is 5. The van der Waals surface area contributed by atoms with Gasteiger partial charge < -0.3 is 10.6 Å². The van der Waals surface area contributed by atoms with Crippen LogP contribution in [0, 0.1) is 0 Å². The number of aromatic nitrogens is 3. The Bertz CT molecular complexity index is 641. The maximum atomic E-state index is 12.9.